The molecule has 0 aliphatic carbocycles. The van der Waals surface area contributed by atoms with Crippen molar-refractivity contribution in [2.45, 2.75) is 6.17 Å². The molecule has 178 valence electrons. The maximum atomic E-state index is 13.7. The topological polar surface area (TPSA) is 110 Å². The molecule has 3 aromatic rings. The van der Waals surface area contributed by atoms with Crippen LogP contribution in [0.5, 0.6) is 17.4 Å². The van der Waals surface area contributed by atoms with Crippen LogP contribution in [0.4, 0.5) is 11.4 Å². The maximum absolute atomic E-state index is 13.7. The van der Waals surface area contributed by atoms with Crippen LogP contribution < -0.4 is 24.4 Å². The first-order chi connectivity index (χ1) is 17.0. The molecule has 0 radical (unpaired) electrons. The Morgan fingerprint density at radius 1 is 0.971 bits per heavy atom. The van der Waals surface area contributed by atoms with Crippen LogP contribution in [-0.2, 0) is 4.79 Å². The number of rotatable bonds is 6. The van der Waals surface area contributed by atoms with Gasteiger partial charge in [-0.05, 0) is 30.3 Å². The fraction of sp³-hybridized carbons (Fsp3) is 0.200. The first-order valence-electron chi connectivity index (χ1n) is 10.8. The standard InChI is InChI=1S/C25H22N4O6/c1-33-18-11-10-15-20(21(18)34-2)25(32)29-17-9-5-4-7-14(17)24(31)28(23(15)29)13-19(30)27-16-8-6-12-26-22(16)35-3/h4-12,23H,13H2,1-3H3,(H,27,30)/t23-/m1/s1. The lowest BCUT2D eigenvalue weighted by Crippen LogP contribution is -2.50. The van der Waals surface area contributed by atoms with Gasteiger partial charge >= 0.3 is 0 Å². The highest BCUT2D eigenvalue weighted by Gasteiger charge is 2.50. The molecule has 10 heteroatoms. The average molecular weight is 474 g/mol. The van der Waals surface area contributed by atoms with E-state index in [2.05, 4.69) is 10.3 Å². The Morgan fingerprint density at radius 3 is 2.51 bits per heavy atom. The Labute approximate surface area is 201 Å². The van der Waals surface area contributed by atoms with Gasteiger partial charge in [0.2, 0.25) is 11.8 Å². The number of hydrogen-bond donors (Lipinski definition) is 1. The largest absolute Gasteiger partial charge is 0.493 e. The highest BCUT2D eigenvalue weighted by Crippen LogP contribution is 2.49. The normalized spacial score (nSPS) is 15.8. The quantitative estimate of drug-likeness (QED) is 0.585. The molecule has 1 atom stereocenters. The zero-order valence-corrected chi connectivity index (χ0v) is 19.3. The van der Waals surface area contributed by atoms with Gasteiger partial charge in [-0.1, -0.05) is 18.2 Å². The third kappa shape index (κ3) is 3.41. The number of methoxy groups -OCH3 is 3. The van der Waals surface area contributed by atoms with Crippen molar-refractivity contribution in [3.63, 3.8) is 0 Å². The average Bonchev–Trinajstić information content (AvgIpc) is 3.18. The molecule has 35 heavy (non-hydrogen) atoms. The molecule has 1 aromatic heterocycles. The van der Waals surface area contributed by atoms with Gasteiger partial charge in [-0.15, -0.1) is 0 Å². The van der Waals surface area contributed by atoms with Crippen molar-refractivity contribution < 1.29 is 28.6 Å². The van der Waals surface area contributed by atoms with Crippen LogP contribution in [0, 0.1) is 0 Å². The van der Waals surface area contributed by atoms with Gasteiger partial charge in [-0.3, -0.25) is 19.3 Å². The number of aromatic nitrogens is 1. The number of benzene rings is 2. The summed E-state index contributed by atoms with van der Waals surface area (Å²) in [4.78, 5) is 47.3. The third-order valence-electron chi connectivity index (χ3n) is 6.04. The number of ether oxygens (including phenoxy) is 3. The maximum Gasteiger partial charge on any atom is 0.264 e. The summed E-state index contributed by atoms with van der Waals surface area (Å²) in [6.45, 7) is -0.312. The first kappa shape index (κ1) is 22.2. The van der Waals surface area contributed by atoms with Crippen LogP contribution in [0.25, 0.3) is 0 Å². The van der Waals surface area contributed by atoms with Gasteiger partial charge in [0.05, 0.1) is 38.1 Å². The van der Waals surface area contributed by atoms with Crippen molar-refractivity contribution in [3.05, 3.63) is 71.4 Å². The van der Waals surface area contributed by atoms with Gasteiger partial charge in [-0.2, -0.15) is 0 Å². The van der Waals surface area contributed by atoms with E-state index in [1.165, 1.54) is 31.1 Å². The number of fused-ring (bicyclic) bond motifs is 5. The Hall–Kier alpha value is -4.60. The molecule has 5 rings (SSSR count). The SMILES string of the molecule is COc1ccc2c(c1OC)C(=O)N1c3ccccc3C(=O)N(CC(=O)Nc3cccnc3OC)[C@@H]21. The van der Waals surface area contributed by atoms with Crippen LogP contribution in [-0.4, -0.2) is 55.5 Å². The minimum atomic E-state index is -0.832. The first-order valence-corrected chi connectivity index (χ1v) is 10.8. The fourth-order valence-corrected chi connectivity index (χ4v) is 4.58. The predicted molar refractivity (Wildman–Crippen MR) is 126 cm³/mol. The van der Waals surface area contributed by atoms with Crippen molar-refractivity contribution >= 4 is 29.1 Å². The lowest BCUT2D eigenvalue weighted by atomic mass is 10.0. The highest BCUT2D eigenvalue weighted by molar-refractivity contribution is 6.18. The molecule has 2 aliphatic rings. The summed E-state index contributed by atoms with van der Waals surface area (Å²) in [7, 11) is 4.39. The molecule has 3 amide bonds. The van der Waals surface area contributed by atoms with Crippen molar-refractivity contribution in [1.29, 1.82) is 0 Å². The summed E-state index contributed by atoms with van der Waals surface area (Å²) in [6, 6.07) is 13.5. The number of nitrogens with one attached hydrogen (secondary N) is 1. The van der Waals surface area contributed by atoms with Gasteiger partial charge in [-0.25, -0.2) is 4.98 Å². The van der Waals surface area contributed by atoms with Gasteiger partial charge in [0.1, 0.15) is 18.4 Å². The van der Waals surface area contributed by atoms with E-state index in [0.717, 1.165) is 0 Å². The van der Waals surface area contributed by atoms with Crippen LogP contribution in [0.2, 0.25) is 0 Å². The molecule has 10 nitrogen and oxygen atoms in total. The lowest BCUT2D eigenvalue weighted by molar-refractivity contribution is -0.117. The van der Waals surface area contributed by atoms with E-state index >= 15 is 0 Å². The molecule has 2 aliphatic heterocycles. The molecular weight excluding hydrogens is 452 g/mol. The number of pyridine rings is 1. The molecule has 0 spiro atoms. The van der Waals surface area contributed by atoms with E-state index < -0.39 is 12.1 Å². The second-order valence-corrected chi connectivity index (χ2v) is 7.87. The van der Waals surface area contributed by atoms with Crippen molar-refractivity contribution in [1.82, 2.24) is 9.88 Å². The molecule has 0 fully saturated rings. The van der Waals surface area contributed by atoms with E-state index in [9.17, 15) is 14.4 Å². The number of amides is 3. The molecule has 0 bridgehead atoms. The number of anilines is 2. The number of para-hydroxylation sites is 1. The zero-order chi connectivity index (χ0) is 24.7. The molecule has 0 saturated carbocycles. The van der Waals surface area contributed by atoms with Crippen LogP contribution in [0.15, 0.2) is 54.7 Å². The number of nitrogens with zero attached hydrogens (tertiary/aromatic N) is 3. The summed E-state index contributed by atoms with van der Waals surface area (Å²) in [5, 5.41) is 2.74. The van der Waals surface area contributed by atoms with Crippen molar-refractivity contribution in [2.24, 2.45) is 0 Å². The van der Waals surface area contributed by atoms with E-state index in [4.69, 9.17) is 14.2 Å². The number of carbonyl (C=O) groups excluding carboxylic acids is 3. The second kappa shape index (κ2) is 8.64. The van der Waals surface area contributed by atoms with Gasteiger partial charge in [0, 0.05) is 11.8 Å². The van der Waals surface area contributed by atoms with Gasteiger partial charge in [0.25, 0.3) is 11.8 Å². The molecule has 3 heterocycles. The number of hydrogen-bond acceptors (Lipinski definition) is 7. The van der Waals surface area contributed by atoms with Gasteiger partial charge in [0.15, 0.2) is 11.5 Å². The van der Waals surface area contributed by atoms with Crippen molar-refractivity contribution in [3.8, 4) is 17.4 Å². The van der Waals surface area contributed by atoms with E-state index in [1.807, 2.05) is 0 Å². The summed E-state index contributed by atoms with van der Waals surface area (Å²) in [5.41, 5.74) is 2.00. The molecule has 1 N–H and O–H groups in total. The van der Waals surface area contributed by atoms with E-state index in [-0.39, 0.29) is 30.0 Å². The van der Waals surface area contributed by atoms with Crippen molar-refractivity contribution in [2.75, 3.05) is 38.1 Å². The minimum absolute atomic E-state index is 0.246. The van der Waals surface area contributed by atoms with E-state index in [1.54, 1.807) is 54.7 Å². The van der Waals surface area contributed by atoms with Gasteiger partial charge < -0.3 is 24.4 Å². The molecule has 0 unspecified atom stereocenters. The molecule has 0 saturated heterocycles. The third-order valence-corrected chi connectivity index (χ3v) is 6.04. The molecule has 2 aromatic carbocycles. The summed E-state index contributed by atoms with van der Waals surface area (Å²) >= 11 is 0. The second-order valence-electron chi connectivity index (χ2n) is 7.87. The lowest BCUT2D eigenvalue weighted by Gasteiger charge is -2.40. The number of carbonyl (C=O) groups is 3. The minimum Gasteiger partial charge on any atom is -0.493 e. The van der Waals surface area contributed by atoms with E-state index in [0.29, 0.717) is 33.8 Å². The molecular formula is C25H22N4O6. The smallest absolute Gasteiger partial charge is 0.264 e. The predicted octanol–water partition coefficient (Wildman–Crippen LogP) is 2.86. The monoisotopic (exact) mass is 474 g/mol. The van der Waals surface area contributed by atoms with Crippen LogP contribution in [0.3, 0.4) is 0 Å². The Kier molecular flexibility index (Phi) is 5.48. The summed E-state index contributed by atoms with van der Waals surface area (Å²) in [5.74, 6) is -0.266. The summed E-state index contributed by atoms with van der Waals surface area (Å²) in [6.07, 6.45) is 0.710. The Morgan fingerprint density at radius 2 is 1.77 bits per heavy atom. The highest BCUT2D eigenvalue weighted by atomic mass is 16.5. The fourth-order valence-electron chi connectivity index (χ4n) is 4.58. The zero-order valence-electron chi connectivity index (χ0n) is 19.3. The Balaban J connectivity index is 1.58. The van der Waals surface area contributed by atoms with Crippen LogP contribution >= 0.6 is 0 Å². The summed E-state index contributed by atoms with van der Waals surface area (Å²) < 4.78 is 16.1. The van der Waals surface area contributed by atoms with Crippen LogP contribution in [0.1, 0.15) is 32.4 Å². The Bertz CT molecular complexity index is 1360.